The minimum absolute atomic E-state index is 0.240. The average molecular weight is 457 g/mol. The summed E-state index contributed by atoms with van der Waals surface area (Å²) in [5.74, 6) is -0.240. The fourth-order valence-corrected chi connectivity index (χ4v) is 3.78. The van der Waals surface area contributed by atoms with Crippen molar-refractivity contribution < 1.29 is 4.79 Å². The van der Waals surface area contributed by atoms with E-state index in [1.54, 1.807) is 18.3 Å². The van der Waals surface area contributed by atoms with Crippen LogP contribution < -0.4 is 5.43 Å². The molecule has 35 heavy (non-hydrogen) atoms. The second kappa shape index (κ2) is 10.0. The Morgan fingerprint density at radius 2 is 1.43 bits per heavy atom. The van der Waals surface area contributed by atoms with E-state index >= 15 is 0 Å². The molecular weight excluding hydrogens is 432 g/mol. The molecule has 0 aliphatic heterocycles. The molecule has 0 radical (unpaired) electrons. The topological polar surface area (TPSA) is 59.3 Å². The second-order valence-corrected chi connectivity index (χ2v) is 8.22. The summed E-state index contributed by atoms with van der Waals surface area (Å²) in [6.45, 7) is 1.98. The van der Waals surface area contributed by atoms with Gasteiger partial charge in [0.15, 0.2) is 0 Å². The van der Waals surface area contributed by atoms with Gasteiger partial charge in [-0.3, -0.25) is 4.79 Å². The zero-order chi connectivity index (χ0) is 24.0. The van der Waals surface area contributed by atoms with Crippen molar-refractivity contribution in [2.24, 2.45) is 5.10 Å². The van der Waals surface area contributed by atoms with Crippen molar-refractivity contribution in [2.75, 3.05) is 0 Å². The molecule has 0 saturated carbocycles. The number of aromatic nitrogens is 2. The molecule has 170 valence electrons. The Balaban J connectivity index is 1.38. The lowest BCUT2D eigenvalue weighted by Gasteiger charge is -2.08. The molecule has 4 aromatic carbocycles. The molecule has 0 unspecified atom stereocenters. The van der Waals surface area contributed by atoms with Crippen LogP contribution in [0, 0.1) is 6.92 Å². The summed E-state index contributed by atoms with van der Waals surface area (Å²) in [7, 11) is 0. The lowest BCUT2D eigenvalue weighted by Crippen LogP contribution is -2.17. The van der Waals surface area contributed by atoms with Crippen molar-refractivity contribution in [3.05, 3.63) is 132 Å². The van der Waals surface area contributed by atoms with Crippen molar-refractivity contribution in [1.82, 2.24) is 15.2 Å². The van der Waals surface area contributed by atoms with E-state index in [2.05, 4.69) is 40.9 Å². The van der Waals surface area contributed by atoms with Gasteiger partial charge in [0.1, 0.15) is 0 Å². The highest BCUT2D eigenvalue weighted by atomic mass is 16.2. The third-order valence-corrected chi connectivity index (χ3v) is 5.68. The molecular formula is C30H24N4O. The summed E-state index contributed by atoms with van der Waals surface area (Å²) < 4.78 is 1.96. The highest BCUT2D eigenvalue weighted by molar-refractivity contribution is 5.94. The van der Waals surface area contributed by atoms with E-state index in [1.807, 2.05) is 84.4 Å². The maximum Gasteiger partial charge on any atom is 0.271 e. The van der Waals surface area contributed by atoms with Gasteiger partial charge in [-0.25, -0.2) is 10.1 Å². The van der Waals surface area contributed by atoms with Gasteiger partial charge >= 0.3 is 0 Å². The number of amides is 1. The van der Waals surface area contributed by atoms with Crippen molar-refractivity contribution in [2.45, 2.75) is 6.92 Å². The number of hydrazone groups is 1. The minimum atomic E-state index is -0.240. The van der Waals surface area contributed by atoms with Gasteiger partial charge < -0.3 is 0 Å². The molecule has 1 amide bonds. The fourth-order valence-electron chi connectivity index (χ4n) is 3.78. The second-order valence-electron chi connectivity index (χ2n) is 8.22. The van der Waals surface area contributed by atoms with E-state index in [0.717, 1.165) is 39.3 Å². The molecule has 0 atom stereocenters. The molecule has 1 heterocycles. The standard InChI is InChI=1S/C30H24N4O/c1-22-12-16-26(17-13-22)30(35)32-31-21-23-14-18-27(19-15-23)34-29(25-10-6-3-7-11-25)20-28(33-34)24-8-4-2-5-9-24/h2-21H,1H3,(H,32,35)/b31-21-. The minimum Gasteiger partial charge on any atom is -0.267 e. The van der Waals surface area contributed by atoms with Crippen LogP contribution in [0.4, 0.5) is 0 Å². The number of hydrogen-bond acceptors (Lipinski definition) is 3. The van der Waals surface area contributed by atoms with Crippen LogP contribution in [0.1, 0.15) is 21.5 Å². The Morgan fingerprint density at radius 3 is 2.09 bits per heavy atom. The number of nitrogens with one attached hydrogen (secondary N) is 1. The van der Waals surface area contributed by atoms with Gasteiger partial charge in [-0.15, -0.1) is 0 Å². The molecule has 0 spiro atoms. The van der Waals surface area contributed by atoms with Crippen LogP contribution in [0.25, 0.3) is 28.2 Å². The Labute approximate surface area is 204 Å². The molecule has 0 bridgehead atoms. The Bertz CT molecular complexity index is 1450. The summed E-state index contributed by atoms with van der Waals surface area (Å²) in [5.41, 5.74) is 10.1. The molecule has 1 aromatic heterocycles. The molecule has 5 nitrogen and oxygen atoms in total. The van der Waals surface area contributed by atoms with E-state index in [1.165, 1.54) is 0 Å². The van der Waals surface area contributed by atoms with Crippen LogP contribution in [-0.2, 0) is 0 Å². The monoisotopic (exact) mass is 456 g/mol. The lowest BCUT2D eigenvalue weighted by atomic mass is 10.1. The van der Waals surface area contributed by atoms with Gasteiger partial charge in [0.05, 0.1) is 23.3 Å². The number of carbonyl (C=O) groups is 1. The summed E-state index contributed by atoms with van der Waals surface area (Å²) >= 11 is 0. The van der Waals surface area contributed by atoms with Crippen molar-refractivity contribution >= 4 is 12.1 Å². The van der Waals surface area contributed by atoms with E-state index < -0.39 is 0 Å². The highest BCUT2D eigenvalue weighted by Gasteiger charge is 2.13. The van der Waals surface area contributed by atoms with Gasteiger partial charge in [-0.1, -0.05) is 90.5 Å². The van der Waals surface area contributed by atoms with Crippen LogP contribution >= 0.6 is 0 Å². The zero-order valence-electron chi connectivity index (χ0n) is 19.3. The van der Waals surface area contributed by atoms with E-state index in [0.29, 0.717) is 5.56 Å². The maximum atomic E-state index is 12.2. The predicted molar refractivity (Wildman–Crippen MR) is 141 cm³/mol. The zero-order valence-corrected chi connectivity index (χ0v) is 19.3. The first-order valence-corrected chi connectivity index (χ1v) is 11.4. The summed E-state index contributed by atoms with van der Waals surface area (Å²) in [6, 6.07) is 37.8. The van der Waals surface area contributed by atoms with Crippen LogP contribution in [0.15, 0.2) is 120 Å². The number of benzene rings is 4. The molecule has 0 saturated heterocycles. The Morgan fingerprint density at radius 1 is 0.800 bits per heavy atom. The smallest absolute Gasteiger partial charge is 0.267 e. The first kappa shape index (κ1) is 22.0. The van der Waals surface area contributed by atoms with E-state index in [-0.39, 0.29) is 5.91 Å². The maximum absolute atomic E-state index is 12.2. The number of nitrogens with zero attached hydrogens (tertiary/aromatic N) is 3. The van der Waals surface area contributed by atoms with Gasteiger partial charge in [-0.2, -0.15) is 10.2 Å². The molecule has 5 heteroatoms. The third kappa shape index (κ3) is 5.09. The number of hydrogen-bond donors (Lipinski definition) is 1. The van der Waals surface area contributed by atoms with Crippen LogP contribution in [0.5, 0.6) is 0 Å². The highest BCUT2D eigenvalue weighted by Crippen LogP contribution is 2.28. The summed E-state index contributed by atoms with van der Waals surface area (Å²) in [4.78, 5) is 12.2. The van der Waals surface area contributed by atoms with Crippen molar-refractivity contribution in [3.63, 3.8) is 0 Å². The summed E-state index contributed by atoms with van der Waals surface area (Å²) in [5, 5.41) is 9.01. The quantitative estimate of drug-likeness (QED) is 0.241. The number of rotatable bonds is 6. The molecule has 1 N–H and O–H groups in total. The molecule has 0 aliphatic carbocycles. The van der Waals surface area contributed by atoms with E-state index in [4.69, 9.17) is 5.10 Å². The Hall–Kier alpha value is -4.77. The molecule has 0 fully saturated rings. The predicted octanol–water partition coefficient (Wildman–Crippen LogP) is 6.28. The Kier molecular flexibility index (Phi) is 6.31. The van der Waals surface area contributed by atoms with Gasteiger partial charge in [0.2, 0.25) is 0 Å². The van der Waals surface area contributed by atoms with Gasteiger partial charge in [-0.05, 0) is 42.8 Å². The molecule has 0 aliphatic rings. The fraction of sp³-hybridized carbons (Fsp3) is 0.0333. The largest absolute Gasteiger partial charge is 0.271 e. The lowest BCUT2D eigenvalue weighted by molar-refractivity contribution is 0.0955. The third-order valence-electron chi connectivity index (χ3n) is 5.68. The van der Waals surface area contributed by atoms with Crippen LogP contribution in [-0.4, -0.2) is 21.9 Å². The van der Waals surface area contributed by atoms with Gasteiger partial charge in [0, 0.05) is 16.7 Å². The molecule has 5 rings (SSSR count). The normalized spacial score (nSPS) is 11.0. The van der Waals surface area contributed by atoms with Crippen molar-refractivity contribution in [1.29, 1.82) is 0 Å². The first-order valence-electron chi connectivity index (χ1n) is 11.4. The average Bonchev–Trinajstić information content (AvgIpc) is 3.36. The van der Waals surface area contributed by atoms with Crippen molar-refractivity contribution in [3.8, 4) is 28.2 Å². The number of carbonyl (C=O) groups excluding carboxylic acids is 1. The first-order chi connectivity index (χ1) is 17.2. The van der Waals surface area contributed by atoms with Gasteiger partial charge in [0.25, 0.3) is 5.91 Å². The summed E-state index contributed by atoms with van der Waals surface area (Å²) in [6.07, 6.45) is 1.63. The van der Waals surface area contributed by atoms with E-state index in [9.17, 15) is 4.79 Å². The SMILES string of the molecule is Cc1ccc(C(=O)N/N=C\c2ccc(-n3nc(-c4ccccc4)cc3-c3ccccc3)cc2)cc1. The van der Waals surface area contributed by atoms with Crippen LogP contribution in [0.3, 0.4) is 0 Å². The number of aryl methyl sites for hydroxylation is 1. The van der Waals surface area contributed by atoms with Crippen LogP contribution in [0.2, 0.25) is 0 Å². The molecule has 5 aromatic rings.